The van der Waals surface area contributed by atoms with Crippen LogP contribution in [0, 0.1) is 10.1 Å². The Bertz CT molecular complexity index is 629. The van der Waals surface area contributed by atoms with Gasteiger partial charge < -0.3 is 15.6 Å². The first-order chi connectivity index (χ1) is 8.99. The number of amides is 1. The van der Waals surface area contributed by atoms with E-state index in [-0.39, 0.29) is 17.9 Å². The SMILES string of the molecule is Cn1cc([N+](=O)[O-])cc1C(=O)NCc1cn[nH]c1N. The summed E-state index contributed by atoms with van der Waals surface area (Å²) < 4.78 is 1.40. The number of hydrogen-bond donors (Lipinski definition) is 3. The van der Waals surface area contributed by atoms with Crippen LogP contribution in [0.3, 0.4) is 0 Å². The van der Waals surface area contributed by atoms with Gasteiger partial charge in [-0.1, -0.05) is 0 Å². The fourth-order valence-electron chi connectivity index (χ4n) is 1.60. The average Bonchev–Trinajstić information content (AvgIpc) is 2.93. The molecule has 100 valence electrons. The second-order valence-electron chi connectivity index (χ2n) is 3.94. The molecule has 0 aliphatic carbocycles. The lowest BCUT2D eigenvalue weighted by atomic mass is 10.3. The molecule has 0 saturated carbocycles. The highest BCUT2D eigenvalue weighted by Gasteiger charge is 2.17. The number of carbonyl (C=O) groups is 1. The molecule has 1 amide bonds. The number of rotatable bonds is 4. The van der Waals surface area contributed by atoms with E-state index in [2.05, 4.69) is 15.5 Å². The maximum Gasteiger partial charge on any atom is 0.287 e. The van der Waals surface area contributed by atoms with E-state index in [1.807, 2.05) is 0 Å². The van der Waals surface area contributed by atoms with Crippen molar-refractivity contribution < 1.29 is 9.72 Å². The van der Waals surface area contributed by atoms with Crippen LogP contribution in [0.2, 0.25) is 0 Å². The van der Waals surface area contributed by atoms with Crippen molar-refractivity contribution in [3.05, 3.63) is 39.8 Å². The number of nitrogen functional groups attached to an aromatic ring is 1. The zero-order valence-corrected chi connectivity index (χ0v) is 10.1. The Kier molecular flexibility index (Phi) is 3.19. The second-order valence-corrected chi connectivity index (χ2v) is 3.94. The number of aryl methyl sites for hydroxylation is 1. The van der Waals surface area contributed by atoms with Crippen molar-refractivity contribution in [2.24, 2.45) is 7.05 Å². The molecule has 0 aliphatic rings. The number of hydrogen-bond acceptors (Lipinski definition) is 5. The van der Waals surface area contributed by atoms with Gasteiger partial charge in [0.15, 0.2) is 0 Å². The van der Waals surface area contributed by atoms with Crippen LogP contribution in [-0.4, -0.2) is 25.6 Å². The Hall–Kier alpha value is -2.84. The second kappa shape index (κ2) is 4.80. The molecule has 0 radical (unpaired) electrons. The highest BCUT2D eigenvalue weighted by Crippen LogP contribution is 2.15. The van der Waals surface area contributed by atoms with E-state index >= 15 is 0 Å². The molecule has 2 rings (SSSR count). The summed E-state index contributed by atoms with van der Waals surface area (Å²) in [6.45, 7) is 0.195. The van der Waals surface area contributed by atoms with E-state index in [4.69, 9.17) is 5.73 Å². The van der Waals surface area contributed by atoms with E-state index in [0.29, 0.717) is 11.4 Å². The van der Waals surface area contributed by atoms with Crippen LogP contribution in [0.4, 0.5) is 11.5 Å². The summed E-state index contributed by atoms with van der Waals surface area (Å²) in [5.41, 5.74) is 6.30. The Labute approximate surface area is 107 Å². The Morgan fingerprint density at radius 3 is 2.95 bits per heavy atom. The van der Waals surface area contributed by atoms with E-state index in [9.17, 15) is 14.9 Å². The number of nitrogens with zero attached hydrogens (tertiary/aromatic N) is 3. The molecule has 2 heterocycles. The Morgan fingerprint density at radius 2 is 2.42 bits per heavy atom. The van der Waals surface area contributed by atoms with Crippen LogP contribution >= 0.6 is 0 Å². The third kappa shape index (κ3) is 2.54. The van der Waals surface area contributed by atoms with Crippen molar-refractivity contribution in [3.8, 4) is 0 Å². The lowest BCUT2D eigenvalue weighted by Gasteiger charge is -2.04. The van der Waals surface area contributed by atoms with Gasteiger partial charge in [0.25, 0.3) is 11.6 Å². The van der Waals surface area contributed by atoms with Gasteiger partial charge in [-0.25, -0.2) is 0 Å². The molecule has 0 aliphatic heterocycles. The molecule has 0 spiro atoms. The van der Waals surface area contributed by atoms with Gasteiger partial charge in [0, 0.05) is 25.2 Å². The molecule has 4 N–H and O–H groups in total. The first kappa shape index (κ1) is 12.6. The summed E-state index contributed by atoms with van der Waals surface area (Å²) in [6, 6.07) is 1.22. The highest BCUT2D eigenvalue weighted by molar-refractivity contribution is 5.93. The van der Waals surface area contributed by atoms with Gasteiger partial charge >= 0.3 is 0 Å². The van der Waals surface area contributed by atoms with Crippen molar-refractivity contribution >= 4 is 17.4 Å². The molecule has 19 heavy (non-hydrogen) atoms. The van der Waals surface area contributed by atoms with Gasteiger partial charge in [0.2, 0.25) is 0 Å². The van der Waals surface area contributed by atoms with Gasteiger partial charge in [-0.2, -0.15) is 5.10 Å². The number of aromatic amines is 1. The van der Waals surface area contributed by atoms with Gasteiger partial charge in [0.05, 0.1) is 17.3 Å². The predicted molar refractivity (Wildman–Crippen MR) is 66.2 cm³/mol. The molecule has 2 aromatic rings. The third-order valence-electron chi connectivity index (χ3n) is 2.62. The number of nitrogens with two attached hydrogens (primary N) is 1. The lowest BCUT2D eigenvalue weighted by Crippen LogP contribution is -2.24. The molecule has 2 aromatic heterocycles. The van der Waals surface area contributed by atoms with Crippen LogP contribution in [-0.2, 0) is 13.6 Å². The van der Waals surface area contributed by atoms with Crippen molar-refractivity contribution in [3.63, 3.8) is 0 Å². The number of nitro groups is 1. The first-order valence-electron chi connectivity index (χ1n) is 5.35. The van der Waals surface area contributed by atoms with Gasteiger partial charge in [-0.15, -0.1) is 0 Å². The van der Waals surface area contributed by atoms with Gasteiger partial charge in [0.1, 0.15) is 11.5 Å². The Balaban J connectivity index is 2.08. The number of aromatic nitrogens is 3. The molecule has 9 heteroatoms. The van der Waals surface area contributed by atoms with Crippen LogP contribution < -0.4 is 11.1 Å². The van der Waals surface area contributed by atoms with E-state index in [1.54, 1.807) is 7.05 Å². The zero-order valence-electron chi connectivity index (χ0n) is 10.1. The molecule has 0 atom stereocenters. The maximum absolute atomic E-state index is 11.9. The number of nitrogens with one attached hydrogen (secondary N) is 2. The number of anilines is 1. The molecule has 0 bridgehead atoms. The largest absolute Gasteiger partial charge is 0.384 e. The monoisotopic (exact) mass is 264 g/mol. The van der Waals surface area contributed by atoms with Crippen molar-refractivity contribution in [1.82, 2.24) is 20.1 Å². The van der Waals surface area contributed by atoms with Gasteiger partial charge in [-0.05, 0) is 0 Å². The normalized spacial score (nSPS) is 10.4. The number of H-pyrrole nitrogens is 1. The molecule has 0 saturated heterocycles. The standard InChI is InChI=1S/C10H12N6O3/c1-15-5-7(16(18)19)2-8(15)10(17)12-3-6-4-13-14-9(6)11/h2,4-5H,3H2,1H3,(H,12,17)(H3,11,13,14). The predicted octanol–water partition coefficient (Wildman–Crippen LogP) is 0.169. The topological polar surface area (TPSA) is 132 Å². The molecule has 0 unspecified atom stereocenters. The van der Waals surface area contributed by atoms with Crippen LogP contribution in [0.1, 0.15) is 16.1 Å². The average molecular weight is 264 g/mol. The fourth-order valence-corrected chi connectivity index (χ4v) is 1.60. The van der Waals surface area contributed by atoms with Crippen LogP contribution in [0.25, 0.3) is 0 Å². The lowest BCUT2D eigenvalue weighted by molar-refractivity contribution is -0.384. The molecular formula is C10H12N6O3. The minimum atomic E-state index is -0.551. The van der Waals surface area contributed by atoms with Crippen molar-refractivity contribution in [1.29, 1.82) is 0 Å². The molecular weight excluding hydrogens is 252 g/mol. The van der Waals surface area contributed by atoms with E-state index < -0.39 is 10.8 Å². The summed E-state index contributed by atoms with van der Waals surface area (Å²) >= 11 is 0. The molecule has 9 nitrogen and oxygen atoms in total. The summed E-state index contributed by atoms with van der Waals surface area (Å²) in [5, 5.41) is 19.5. The fraction of sp³-hybridized carbons (Fsp3) is 0.200. The van der Waals surface area contributed by atoms with Gasteiger partial charge in [-0.3, -0.25) is 20.0 Å². The van der Waals surface area contributed by atoms with E-state index in [1.165, 1.54) is 23.0 Å². The third-order valence-corrected chi connectivity index (χ3v) is 2.62. The summed E-state index contributed by atoms with van der Waals surface area (Å²) in [5.74, 6) is -0.0469. The maximum atomic E-state index is 11.9. The van der Waals surface area contributed by atoms with Crippen molar-refractivity contribution in [2.75, 3.05) is 5.73 Å². The summed E-state index contributed by atoms with van der Waals surface area (Å²) in [7, 11) is 1.56. The highest BCUT2D eigenvalue weighted by atomic mass is 16.6. The smallest absolute Gasteiger partial charge is 0.287 e. The molecule has 0 fully saturated rings. The Morgan fingerprint density at radius 1 is 1.68 bits per heavy atom. The van der Waals surface area contributed by atoms with Crippen LogP contribution in [0.15, 0.2) is 18.5 Å². The summed E-state index contributed by atoms with van der Waals surface area (Å²) in [6.07, 6.45) is 2.78. The summed E-state index contributed by atoms with van der Waals surface area (Å²) in [4.78, 5) is 21.9. The minimum absolute atomic E-state index is 0.129. The first-order valence-corrected chi connectivity index (χ1v) is 5.35. The van der Waals surface area contributed by atoms with Crippen LogP contribution in [0.5, 0.6) is 0 Å². The van der Waals surface area contributed by atoms with Crippen molar-refractivity contribution in [2.45, 2.75) is 6.54 Å². The quantitative estimate of drug-likeness (QED) is 0.535. The molecule has 0 aromatic carbocycles. The zero-order chi connectivity index (χ0) is 14.0. The van der Waals surface area contributed by atoms with E-state index in [0.717, 1.165) is 0 Å². The number of carbonyl (C=O) groups excluding carboxylic acids is 1. The minimum Gasteiger partial charge on any atom is -0.384 e.